The van der Waals surface area contributed by atoms with Crippen molar-refractivity contribution in [3.8, 4) is 0 Å². The van der Waals surface area contributed by atoms with Gasteiger partial charge in [-0.15, -0.1) is 0 Å². The molecule has 7 N–H and O–H groups in total. The van der Waals surface area contributed by atoms with Crippen molar-refractivity contribution < 1.29 is 34.2 Å². The number of aliphatic carboxylic acids is 2. The van der Waals surface area contributed by atoms with Gasteiger partial charge in [0.05, 0.1) is 12.5 Å². The summed E-state index contributed by atoms with van der Waals surface area (Å²) in [5.74, 6) is -4.73. The van der Waals surface area contributed by atoms with Gasteiger partial charge >= 0.3 is 11.9 Å². The molecule has 0 aliphatic carbocycles. The molecule has 0 radical (unpaired) electrons. The second kappa shape index (κ2) is 9.45. The highest BCUT2D eigenvalue weighted by molar-refractivity contribution is 5.94. The third-order valence-electron chi connectivity index (χ3n) is 2.96. The maximum atomic E-state index is 11.9. The Hall–Kier alpha value is -2.69. The lowest BCUT2D eigenvalue weighted by atomic mass is 10.2. The van der Waals surface area contributed by atoms with Gasteiger partial charge in [-0.05, 0) is 20.8 Å². The Morgan fingerprint density at radius 3 is 1.54 bits per heavy atom. The maximum absolute atomic E-state index is 11.9. The number of amides is 3. The van der Waals surface area contributed by atoms with E-state index in [-0.39, 0.29) is 0 Å². The molecule has 0 aromatic heterocycles. The first-order valence-corrected chi connectivity index (χ1v) is 7.07. The van der Waals surface area contributed by atoms with Gasteiger partial charge in [-0.2, -0.15) is 0 Å². The summed E-state index contributed by atoms with van der Waals surface area (Å²) in [4.78, 5) is 56.3. The number of hydrogen-bond donors (Lipinski definition) is 6. The van der Waals surface area contributed by atoms with E-state index >= 15 is 0 Å². The minimum absolute atomic E-state index is 0.591. The van der Waals surface area contributed by atoms with Gasteiger partial charge in [0.15, 0.2) is 0 Å². The Labute approximate surface area is 138 Å². The summed E-state index contributed by atoms with van der Waals surface area (Å²) >= 11 is 0. The van der Waals surface area contributed by atoms with Gasteiger partial charge in [-0.3, -0.25) is 24.0 Å². The summed E-state index contributed by atoms with van der Waals surface area (Å²) in [7, 11) is 0. The predicted octanol–water partition coefficient (Wildman–Crippen LogP) is -2.61. The first-order chi connectivity index (χ1) is 11.0. The van der Waals surface area contributed by atoms with Crippen molar-refractivity contribution in [3.63, 3.8) is 0 Å². The van der Waals surface area contributed by atoms with Crippen LogP contribution in [-0.2, 0) is 24.0 Å². The van der Waals surface area contributed by atoms with E-state index in [1.54, 1.807) is 0 Å². The van der Waals surface area contributed by atoms with Crippen molar-refractivity contribution in [2.45, 2.75) is 51.4 Å². The molecule has 0 spiro atoms. The summed E-state index contributed by atoms with van der Waals surface area (Å²) in [6.45, 7) is 3.93. The number of carbonyl (C=O) groups is 5. The highest BCUT2D eigenvalue weighted by Gasteiger charge is 2.25. The van der Waals surface area contributed by atoms with Crippen LogP contribution in [0.4, 0.5) is 0 Å². The summed E-state index contributed by atoms with van der Waals surface area (Å²) in [6, 6.07) is -4.53. The van der Waals surface area contributed by atoms with Crippen LogP contribution in [0.15, 0.2) is 0 Å². The summed E-state index contributed by atoms with van der Waals surface area (Å²) in [6.07, 6.45) is -0.591. The van der Waals surface area contributed by atoms with E-state index in [9.17, 15) is 24.0 Å². The molecule has 0 rings (SSSR count). The number of carbonyl (C=O) groups excluding carboxylic acids is 3. The maximum Gasteiger partial charge on any atom is 0.325 e. The number of rotatable bonds is 9. The molecule has 0 heterocycles. The van der Waals surface area contributed by atoms with Crippen LogP contribution in [0.2, 0.25) is 0 Å². The number of nitrogens with two attached hydrogens (primary N) is 1. The first kappa shape index (κ1) is 21.3. The zero-order chi connectivity index (χ0) is 19.0. The van der Waals surface area contributed by atoms with Crippen LogP contribution in [0.1, 0.15) is 27.2 Å². The van der Waals surface area contributed by atoms with E-state index in [1.165, 1.54) is 20.8 Å². The fraction of sp³-hybridized carbons (Fsp3) is 0.615. The Morgan fingerprint density at radius 2 is 1.17 bits per heavy atom. The highest BCUT2D eigenvalue weighted by Crippen LogP contribution is 1.93. The first-order valence-electron chi connectivity index (χ1n) is 7.07. The molecule has 0 aromatic rings. The van der Waals surface area contributed by atoms with Crippen LogP contribution < -0.4 is 21.7 Å². The molecular weight excluding hydrogens is 324 g/mol. The molecule has 136 valence electrons. The van der Waals surface area contributed by atoms with Crippen molar-refractivity contribution in [3.05, 3.63) is 0 Å². The fourth-order valence-electron chi connectivity index (χ4n) is 1.47. The topological polar surface area (TPSA) is 188 Å². The molecule has 0 aliphatic rings. The largest absolute Gasteiger partial charge is 0.481 e. The summed E-state index contributed by atoms with van der Waals surface area (Å²) in [5.41, 5.74) is 5.35. The lowest BCUT2D eigenvalue weighted by molar-refractivity contribution is -0.141. The van der Waals surface area contributed by atoms with Gasteiger partial charge < -0.3 is 31.9 Å². The van der Waals surface area contributed by atoms with E-state index in [0.29, 0.717) is 0 Å². The minimum atomic E-state index is -1.31. The zero-order valence-electron chi connectivity index (χ0n) is 13.5. The molecule has 0 aromatic carbocycles. The molecule has 0 bridgehead atoms. The molecule has 11 heteroatoms. The van der Waals surface area contributed by atoms with Crippen LogP contribution in [0.5, 0.6) is 0 Å². The van der Waals surface area contributed by atoms with Crippen LogP contribution in [0.3, 0.4) is 0 Å². The van der Waals surface area contributed by atoms with E-state index < -0.39 is 60.2 Å². The smallest absolute Gasteiger partial charge is 0.325 e. The molecule has 0 fully saturated rings. The molecule has 0 saturated heterocycles. The minimum Gasteiger partial charge on any atom is -0.481 e. The number of hydrogen-bond acceptors (Lipinski definition) is 6. The number of carboxylic acids is 2. The molecule has 3 amide bonds. The van der Waals surface area contributed by atoms with Crippen LogP contribution >= 0.6 is 0 Å². The Kier molecular flexibility index (Phi) is 8.39. The second-order valence-electron chi connectivity index (χ2n) is 5.23. The van der Waals surface area contributed by atoms with Crippen LogP contribution in [0.25, 0.3) is 0 Å². The quantitative estimate of drug-likeness (QED) is 0.262. The number of carboxylic acid groups (broad SMARTS) is 2. The molecule has 4 unspecified atom stereocenters. The third-order valence-corrected chi connectivity index (χ3v) is 2.96. The van der Waals surface area contributed by atoms with Crippen molar-refractivity contribution in [2.24, 2.45) is 5.73 Å². The average molecular weight is 346 g/mol. The van der Waals surface area contributed by atoms with Gasteiger partial charge in [0.2, 0.25) is 17.7 Å². The lowest BCUT2D eigenvalue weighted by Gasteiger charge is -2.20. The van der Waals surface area contributed by atoms with Gasteiger partial charge in [-0.1, -0.05) is 0 Å². The molecular formula is C13H22N4O7. The fourth-order valence-corrected chi connectivity index (χ4v) is 1.47. The van der Waals surface area contributed by atoms with Crippen LogP contribution in [-0.4, -0.2) is 64.0 Å². The third kappa shape index (κ3) is 7.54. The average Bonchev–Trinajstić information content (AvgIpc) is 2.45. The monoisotopic (exact) mass is 346 g/mol. The Bertz CT molecular complexity index is 522. The summed E-state index contributed by atoms with van der Waals surface area (Å²) in [5, 5.41) is 23.9. The Morgan fingerprint density at radius 1 is 0.792 bits per heavy atom. The van der Waals surface area contributed by atoms with E-state index in [1.807, 2.05) is 0 Å². The van der Waals surface area contributed by atoms with Crippen molar-refractivity contribution in [1.29, 1.82) is 0 Å². The molecule has 24 heavy (non-hydrogen) atoms. The van der Waals surface area contributed by atoms with Gasteiger partial charge in [-0.25, -0.2) is 0 Å². The van der Waals surface area contributed by atoms with E-state index in [2.05, 4.69) is 16.0 Å². The zero-order valence-corrected chi connectivity index (χ0v) is 13.5. The normalized spacial score (nSPS) is 15.3. The van der Waals surface area contributed by atoms with Crippen molar-refractivity contribution in [2.75, 3.05) is 0 Å². The molecule has 0 aliphatic heterocycles. The van der Waals surface area contributed by atoms with E-state index in [4.69, 9.17) is 15.9 Å². The second-order valence-corrected chi connectivity index (χ2v) is 5.23. The van der Waals surface area contributed by atoms with E-state index in [0.717, 1.165) is 0 Å². The predicted molar refractivity (Wildman–Crippen MR) is 80.7 cm³/mol. The number of nitrogens with one attached hydrogen (secondary N) is 3. The van der Waals surface area contributed by atoms with Crippen LogP contribution in [0, 0.1) is 0 Å². The lowest BCUT2D eigenvalue weighted by Crippen LogP contribution is -2.55. The highest BCUT2D eigenvalue weighted by atomic mass is 16.4. The standard InChI is InChI=1S/C13H22N4O7/c1-5(11(21)17-7(3)13(23)24)15-10(20)6(2)16-12(22)8(14)4-9(18)19/h5-8H,4,14H2,1-3H3,(H,15,20)(H,16,22)(H,17,21)(H,18,19)(H,23,24). The van der Waals surface area contributed by atoms with Gasteiger partial charge in [0.25, 0.3) is 0 Å². The molecule has 11 nitrogen and oxygen atoms in total. The Balaban J connectivity index is 4.48. The SMILES string of the molecule is CC(NC(=O)C(C)NC(=O)C(C)NC(=O)C(N)CC(=O)O)C(=O)O. The van der Waals surface area contributed by atoms with Gasteiger partial charge in [0, 0.05) is 0 Å². The van der Waals surface area contributed by atoms with Gasteiger partial charge in [0.1, 0.15) is 18.1 Å². The molecule has 4 atom stereocenters. The summed E-state index contributed by atoms with van der Waals surface area (Å²) < 4.78 is 0. The van der Waals surface area contributed by atoms with Crippen molar-refractivity contribution in [1.82, 2.24) is 16.0 Å². The molecule has 0 saturated carbocycles. The van der Waals surface area contributed by atoms with Crippen molar-refractivity contribution >= 4 is 29.7 Å².